The van der Waals surface area contributed by atoms with Crippen molar-refractivity contribution in [3.8, 4) is 11.1 Å². The molecular weight excluding hydrogens is 293 g/mol. The van der Waals surface area contributed by atoms with E-state index in [0.717, 1.165) is 16.8 Å². The van der Waals surface area contributed by atoms with Gasteiger partial charge in [-0.25, -0.2) is 9.37 Å². The maximum Gasteiger partial charge on any atom is 0.248 e. The fourth-order valence-corrected chi connectivity index (χ4v) is 2.24. The van der Waals surface area contributed by atoms with Gasteiger partial charge in [-0.2, -0.15) is 0 Å². The lowest BCUT2D eigenvalue weighted by Crippen LogP contribution is -2.11. The topological polar surface area (TPSA) is 68.0 Å². The summed E-state index contributed by atoms with van der Waals surface area (Å²) >= 11 is 0. The molecule has 0 saturated heterocycles. The average molecular weight is 307 g/mol. The molecule has 0 spiro atoms. The number of halogens is 1. The molecule has 23 heavy (non-hydrogen) atoms. The third-order valence-corrected chi connectivity index (χ3v) is 3.34. The Morgan fingerprint density at radius 3 is 2.48 bits per heavy atom. The van der Waals surface area contributed by atoms with E-state index in [4.69, 9.17) is 5.73 Å². The van der Waals surface area contributed by atoms with Gasteiger partial charge in [0.2, 0.25) is 5.91 Å². The molecule has 0 fully saturated rings. The molecule has 3 rings (SSSR count). The summed E-state index contributed by atoms with van der Waals surface area (Å²) in [5.74, 6) is -0.279. The van der Waals surface area contributed by atoms with E-state index in [1.54, 1.807) is 18.2 Å². The highest BCUT2D eigenvalue weighted by molar-refractivity contribution is 5.93. The number of benzene rings is 2. The van der Waals surface area contributed by atoms with E-state index < -0.39 is 5.91 Å². The maximum absolute atomic E-state index is 13.4. The molecule has 1 amide bonds. The van der Waals surface area contributed by atoms with E-state index in [2.05, 4.69) is 10.3 Å². The largest absolute Gasteiger partial charge is 0.366 e. The first-order chi connectivity index (χ1) is 11.1. The first-order valence-electron chi connectivity index (χ1n) is 7.01. The molecule has 0 bridgehead atoms. The number of nitrogens with one attached hydrogen (secondary N) is 1. The number of aromatic nitrogens is 1. The van der Waals surface area contributed by atoms with Crippen LogP contribution in [-0.4, -0.2) is 10.9 Å². The van der Waals surface area contributed by atoms with Crippen LogP contribution in [0.5, 0.6) is 0 Å². The monoisotopic (exact) mass is 307 g/mol. The molecule has 114 valence electrons. The Balaban J connectivity index is 1.88. The Bertz CT molecular complexity index is 864. The van der Waals surface area contributed by atoms with Gasteiger partial charge in [0, 0.05) is 17.4 Å². The van der Waals surface area contributed by atoms with Crippen LogP contribution in [0.1, 0.15) is 10.4 Å². The number of carbonyl (C=O) groups is 1. The number of primary amides is 1. The van der Waals surface area contributed by atoms with Crippen molar-refractivity contribution in [2.24, 2.45) is 5.73 Å². The van der Waals surface area contributed by atoms with Crippen LogP contribution in [0.25, 0.3) is 11.1 Å². The van der Waals surface area contributed by atoms with E-state index >= 15 is 0 Å². The van der Waals surface area contributed by atoms with Crippen LogP contribution in [-0.2, 0) is 0 Å². The number of rotatable bonds is 4. The fraction of sp³-hybridized carbons (Fsp3) is 0. The summed E-state index contributed by atoms with van der Waals surface area (Å²) in [4.78, 5) is 15.4. The first-order valence-corrected chi connectivity index (χ1v) is 7.01. The van der Waals surface area contributed by atoms with Gasteiger partial charge in [0.1, 0.15) is 11.6 Å². The second kappa shape index (κ2) is 6.27. The molecule has 3 N–H and O–H groups in total. The highest BCUT2D eigenvalue weighted by Crippen LogP contribution is 2.24. The van der Waals surface area contributed by atoms with Crippen LogP contribution in [0.15, 0.2) is 66.9 Å². The molecule has 0 aliphatic heterocycles. The lowest BCUT2D eigenvalue weighted by Gasteiger charge is -2.09. The summed E-state index contributed by atoms with van der Waals surface area (Å²) < 4.78 is 13.4. The standard InChI is InChI=1S/C18H14FN3O/c19-15-5-1-3-12(9-15)13-4-2-6-16(10-13)22-17-11-14(18(20)23)7-8-21-17/h1-11H,(H2,20,23)(H,21,22). The number of nitrogens with two attached hydrogens (primary N) is 1. The van der Waals surface area contributed by atoms with Crippen molar-refractivity contribution >= 4 is 17.4 Å². The molecule has 0 aliphatic rings. The van der Waals surface area contributed by atoms with E-state index in [-0.39, 0.29) is 5.82 Å². The van der Waals surface area contributed by atoms with Crippen molar-refractivity contribution in [1.82, 2.24) is 4.98 Å². The normalized spacial score (nSPS) is 10.3. The van der Waals surface area contributed by atoms with Gasteiger partial charge < -0.3 is 11.1 Å². The Morgan fingerprint density at radius 2 is 1.74 bits per heavy atom. The molecule has 0 atom stereocenters. The van der Waals surface area contributed by atoms with Crippen molar-refractivity contribution in [2.45, 2.75) is 0 Å². The van der Waals surface area contributed by atoms with Gasteiger partial charge in [0.05, 0.1) is 0 Å². The van der Waals surface area contributed by atoms with E-state index in [9.17, 15) is 9.18 Å². The molecule has 4 nitrogen and oxygen atoms in total. The van der Waals surface area contributed by atoms with Gasteiger partial charge in [0.25, 0.3) is 0 Å². The molecular formula is C18H14FN3O. The van der Waals surface area contributed by atoms with Gasteiger partial charge >= 0.3 is 0 Å². The highest BCUT2D eigenvalue weighted by Gasteiger charge is 2.04. The summed E-state index contributed by atoms with van der Waals surface area (Å²) in [5, 5.41) is 3.11. The Morgan fingerprint density at radius 1 is 1.00 bits per heavy atom. The highest BCUT2D eigenvalue weighted by atomic mass is 19.1. The number of nitrogens with zero attached hydrogens (tertiary/aromatic N) is 1. The van der Waals surface area contributed by atoms with Gasteiger partial charge in [0.15, 0.2) is 0 Å². The van der Waals surface area contributed by atoms with Gasteiger partial charge in [-0.1, -0.05) is 24.3 Å². The quantitative estimate of drug-likeness (QED) is 0.771. The molecule has 0 aliphatic carbocycles. The van der Waals surface area contributed by atoms with Crippen molar-refractivity contribution in [1.29, 1.82) is 0 Å². The van der Waals surface area contributed by atoms with Crippen LogP contribution < -0.4 is 11.1 Å². The van der Waals surface area contributed by atoms with Crippen LogP contribution in [0.4, 0.5) is 15.9 Å². The Labute approximate surface area is 132 Å². The van der Waals surface area contributed by atoms with E-state index in [1.165, 1.54) is 18.3 Å². The molecule has 1 aromatic heterocycles. The van der Waals surface area contributed by atoms with E-state index in [1.807, 2.05) is 30.3 Å². The minimum absolute atomic E-state index is 0.281. The number of carbonyl (C=O) groups excluding carboxylic acids is 1. The molecule has 0 unspecified atom stereocenters. The predicted molar refractivity (Wildman–Crippen MR) is 87.9 cm³/mol. The van der Waals surface area contributed by atoms with Gasteiger partial charge in [-0.15, -0.1) is 0 Å². The molecule has 1 heterocycles. The molecule has 2 aromatic carbocycles. The third kappa shape index (κ3) is 3.52. The zero-order valence-electron chi connectivity index (χ0n) is 12.2. The van der Waals surface area contributed by atoms with Gasteiger partial charge in [-0.3, -0.25) is 4.79 Å². The Hall–Kier alpha value is -3.21. The summed E-state index contributed by atoms with van der Waals surface area (Å²) in [5.41, 5.74) is 8.08. The minimum atomic E-state index is -0.510. The SMILES string of the molecule is NC(=O)c1ccnc(Nc2cccc(-c3cccc(F)c3)c2)c1. The summed E-state index contributed by atoms with van der Waals surface area (Å²) in [6.07, 6.45) is 1.51. The third-order valence-electron chi connectivity index (χ3n) is 3.34. The Kier molecular flexibility index (Phi) is 4.01. The summed E-state index contributed by atoms with van der Waals surface area (Å²) in [7, 11) is 0. The average Bonchev–Trinajstić information content (AvgIpc) is 2.55. The van der Waals surface area contributed by atoms with Crippen molar-refractivity contribution in [3.63, 3.8) is 0 Å². The number of hydrogen-bond acceptors (Lipinski definition) is 3. The number of anilines is 2. The zero-order chi connectivity index (χ0) is 16.2. The second-order valence-electron chi connectivity index (χ2n) is 5.01. The van der Waals surface area contributed by atoms with Crippen LogP contribution in [0.3, 0.4) is 0 Å². The molecule has 0 radical (unpaired) electrons. The van der Waals surface area contributed by atoms with Crippen LogP contribution in [0.2, 0.25) is 0 Å². The zero-order valence-corrected chi connectivity index (χ0v) is 12.2. The number of hydrogen-bond donors (Lipinski definition) is 2. The predicted octanol–water partition coefficient (Wildman–Crippen LogP) is 3.73. The number of amides is 1. The van der Waals surface area contributed by atoms with Crippen LogP contribution >= 0.6 is 0 Å². The van der Waals surface area contributed by atoms with E-state index in [0.29, 0.717) is 11.4 Å². The van der Waals surface area contributed by atoms with Gasteiger partial charge in [-0.05, 0) is 47.5 Å². The maximum atomic E-state index is 13.4. The molecule has 5 heteroatoms. The molecule has 0 saturated carbocycles. The van der Waals surface area contributed by atoms with Crippen molar-refractivity contribution < 1.29 is 9.18 Å². The van der Waals surface area contributed by atoms with Crippen LogP contribution in [0, 0.1) is 5.82 Å². The van der Waals surface area contributed by atoms with Crippen molar-refractivity contribution in [3.05, 3.63) is 78.2 Å². The smallest absolute Gasteiger partial charge is 0.248 e. The molecule has 3 aromatic rings. The lowest BCUT2D eigenvalue weighted by molar-refractivity contribution is 0.1000. The fourth-order valence-electron chi connectivity index (χ4n) is 2.24. The minimum Gasteiger partial charge on any atom is -0.366 e. The lowest BCUT2D eigenvalue weighted by atomic mass is 10.1. The first kappa shape index (κ1) is 14.7. The number of pyridine rings is 1. The summed E-state index contributed by atoms with van der Waals surface area (Å²) in [6, 6.07) is 17.0. The van der Waals surface area contributed by atoms with Crippen molar-refractivity contribution in [2.75, 3.05) is 5.32 Å². The second-order valence-corrected chi connectivity index (χ2v) is 5.01. The summed E-state index contributed by atoms with van der Waals surface area (Å²) in [6.45, 7) is 0.